The maximum Gasteiger partial charge on any atom is 0.251 e. The van der Waals surface area contributed by atoms with Gasteiger partial charge in [0.2, 0.25) is 0 Å². The molecule has 0 bridgehead atoms. The zero-order chi connectivity index (χ0) is 18.4. The number of rotatable bonds is 6. The molecule has 3 rings (SSSR count). The van der Waals surface area contributed by atoms with Gasteiger partial charge >= 0.3 is 0 Å². The second kappa shape index (κ2) is 8.83. The van der Waals surface area contributed by atoms with Gasteiger partial charge in [0.15, 0.2) is 0 Å². The maximum atomic E-state index is 12.3. The smallest absolute Gasteiger partial charge is 0.251 e. The summed E-state index contributed by atoms with van der Waals surface area (Å²) in [6, 6.07) is 15.3. The Morgan fingerprint density at radius 2 is 2.08 bits per heavy atom. The fraction of sp³-hybridized carbons (Fsp3) is 0.381. The van der Waals surface area contributed by atoms with E-state index in [1.54, 1.807) is 25.1 Å². The van der Waals surface area contributed by atoms with Crippen LogP contribution in [0.25, 0.3) is 0 Å². The predicted octanol–water partition coefficient (Wildman–Crippen LogP) is 2.37. The summed E-state index contributed by atoms with van der Waals surface area (Å²) >= 11 is 0. The van der Waals surface area contributed by atoms with Gasteiger partial charge in [-0.2, -0.15) is 0 Å². The highest BCUT2D eigenvalue weighted by atomic mass is 16.5. The Morgan fingerprint density at radius 1 is 1.27 bits per heavy atom. The van der Waals surface area contributed by atoms with Crippen LogP contribution in [0.5, 0.6) is 5.75 Å². The van der Waals surface area contributed by atoms with Crippen molar-refractivity contribution in [2.24, 2.45) is 0 Å². The number of hydrogen-bond donors (Lipinski definition) is 2. The molecule has 1 amide bonds. The minimum absolute atomic E-state index is 0.00156. The molecule has 1 aliphatic rings. The molecule has 1 fully saturated rings. The molecule has 1 aliphatic heterocycles. The first-order valence-electron chi connectivity index (χ1n) is 9.07. The van der Waals surface area contributed by atoms with Crippen molar-refractivity contribution in [3.63, 3.8) is 0 Å². The first-order valence-corrected chi connectivity index (χ1v) is 9.07. The quantitative estimate of drug-likeness (QED) is 0.836. The van der Waals surface area contributed by atoms with Crippen LogP contribution in [0.2, 0.25) is 0 Å². The van der Waals surface area contributed by atoms with Gasteiger partial charge in [0, 0.05) is 31.7 Å². The molecule has 0 spiro atoms. The van der Waals surface area contributed by atoms with E-state index < -0.39 is 0 Å². The summed E-state index contributed by atoms with van der Waals surface area (Å²) in [5, 5.41) is 12.5. The van der Waals surface area contributed by atoms with Crippen LogP contribution in [0.3, 0.4) is 0 Å². The number of carbonyl (C=O) groups is 1. The lowest BCUT2D eigenvalue weighted by Crippen LogP contribution is -2.48. The number of nitrogens with zero attached hydrogens (tertiary/aromatic N) is 1. The SMILES string of the molecule is Cc1cc(C(=O)NCC2CN(CCc3ccccc3)CCO2)ccc1O. The number of morpholine rings is 1. The fourth-order valence-corrected chi connectivity index (χ4v) is 3.14. The first kappa shape index (κ1) is 18.4. The largest absolute Gasteiger partial charge is 0.508 e. The van der Waals surface area contributed by atoms with Crippen molar-refractivity contribution in [3.05, 3.63) is 65.2 Å². The Hall–Kier alpha value is -2.37. The van der Waals surface area contributed by atoms with E-state index in [0.717, 1.165) is 26.1 Å². The van der Waals surface area contributed by atoms with Crippen molar-refractivity contribution in [2.75, 3.05) is 32.8 Å². The van der Waals surface area contributed by atoms with E-state index in [2.05, 4.69) is 34.5 Å². The van der Waals surface area contributed by atoms with Gasteiger partial charge in [0.05, 0.1) is 12.7 Å². The van der Waals surface area contributed by atoms with E-state index >= 15 is 0 Å². The molecule has 26 heavy (non-hydrogen) atoms. The molecule has 2 aromatic carbocycles. The van der Waals surface area contributed by atoms with E-state index in [0.29, 0.717) is 24.3 Å². The number of aryl methyl sites for hydroxylation is 1. The zero-order valence-electron chi connectivity index (χ0n) is 15.1. The highest BCUT2D eigenvalue weighted by Crippen LogP contribution is 2.17. The van der Waals surface area contributed by atoms with Crippen LogP contribution in [0.1, 0.15) is 21.5 Å². The Balaban J connectivity index is 1.45. The van der Waals surface area contributed by atoms with Gasteiger partial charge in [0.25, 0.3) is 5.91 Å². The molecule has 1 unspecified atom stereocenters. The summed E-state index contributed by atoms with van der Waals surface area (Å²) in [7, 11) is 0. The lowest BCUT2D eigenvalue weighted by molar-refractivity contribution is -0.0259. The van der Waals surface area contributed by atoms with Gasteiger partial charge in [-0.05, 0) is 42.7 Å². The third kappa shape index (κ3) is 5.07. The second-order valence-corrected chi connectivity index (χ2v) is 6.74. The third-order valence-electron chi connectivity index (χ3n) is 4.73. The summed E-state index contributed by atoms with van der Waals surface area (Å²) in [6.07, 6.45) is 1.02. The predicted molar refractivity (Wildman–Crippen MR) is 102 cm³/mol. The number of ether oxygens (including phenoxy) is 1. The van der Waals surface area contributed by atoms with Gasteiger partial charge in [0.1, 0.15) is 5.75 Å². The van der Waals surface area contributed by atoms with Gasteiger partial charge in [-0.25, -0.2) is 0 Å². The highest BCUT2D eigenvalue weighted by molar-refractivity contribution is 5.94. The van der Waals surface area contributed by atoms with Crippen molar-refractivity contribution >= 4 is 5.91 Å². The van der Waals surface area contributed by atoms with Crippen molar-refractivity contribution in [1.82, 2.24) is 10.2 Å². The van der Waals surface area contributed by atoms with Crippen LogP contribution in [0.15, 0.2) is 48.5 Å². The summed E-state index contributed by atoms with van der Waals surface area (Å²) in [4.78, 5) is 14.7. The molecule has 1 saturated heterocycles. The minimum Gasteiger partial charge on any atom is -0.508 e. The summed E-state index contributed by atoms with van der Waals surface area (Å²) in [5.41, 5.74) is 2.59. The van der Waals surface area contributed by atoms with Gasteiger partial charge in [-0.1, -0.05) is 30.3 Å². The standard InChI is InChI=1S/C21H26N2O3/c1-16-13-18(7-8-20(16)24)21(25)22-14-19-15-23(11-12-26-19)10-9-17-5-3-2-4-6-17/h2-8,13,19,24H,9-12,14-15H2,1H3,(H,22,25). The average Bonchev–Trinajstić information content (AvgIpc) is 2.68. The molecule has 5 nitrogen and oxygen atoms in total. The Labute approximate surface area is 154 Å². The molecule has 1 heterocycles. The zero-order valence-corrected chi connectivity index (χ0v) is 15.1. The topological polar surface area (TPSA) is 61.8 Å². The molecule has 1 atom stereocenters. The van der Waals surface area contributed by atoms with Crippen LogP contribution >= 0.6 is 0 Å². The number of hydrogen-bond acceptors (Lipinski definition) is 4. The molecule has 2 N–H and O–H groups in total. The van der Waals surface area contributed by atoms with Crippen LogP contribution in [0, 0.1) is 6.92 Å². The monoisotopic (exact) mass is 354 g/mol. The van der Waals surface area contributed by atoms with Gasteiger partial charge < -0.3 is 15.2 Å². The van der Waals surface area contributed by atoms with Crippen LogP contribution in [0.4, 0.5) is 0 Å². The second-order valence-electron chi connectivity index (χ2n) is 6.74. The van der Waals surface area contributed by atoms with Crippen molar-refractivity contribution in [3.8, 4) is 5.75 Å². The molecule has 5 heteroatoms. The summed E-state index contributed by atoms with van der Waals surface area (Å²) in [5.74, 6) is 0.0596. The summed E-state index contributed by atoms with van der Waals surface area (Å²) in [6.45, 7) is 5.69. The molecule has 0 aromatic heterocycles. The Kier molecular flexibility index (Phi) is 6.26. The average molecular weight is 354 g/mol. The molecule has 0 radical (unpaired) electrons. The third-order valence-corrected chi connectivity index (χ3v) is 4.73. The number of aromatic hydroxyl groups is 1. The summed E-state index contributed by atoms with van der Waals surface area (Å²) < 4.78 is 5.79. The van der Waals surface area contributed by atoms with Gasteiger partial charge in [-0.3, -0.25) is 9.69 Å². The number of carbonyl (C=O) groups excluding carboxylic acids is 1. The minimum atomic E-state index is -0.141. The molecule has 0 aliphatic carbocycles. The van der Waals surface area contributed by atoms with Crippen LogP contribution in [-0.4, -0.2) is 54.8 Å². The van der Waals surface area contributed by atoms with Gasteiger partial charge in [-0.15, -0.1) is 0 Å². The lowest BCUT2D eigenvalue weighted by atomic mass is 10.1. The first-order chi connectivity index (χ1) is 12.6. The molecular formula is C21H26N2O3. The van der Waals surface area contributed by atoms with E-state index in [1.165, 1.54) is 5.56 Å². The number of nitrogens with one attached hydrogen (secondary N) is 1. The molecule has 0 saturated carbocycles. The van der Waals surface area contributed by atoms with Crippen LogP contribution < -0.4 is 5.32 Å². The van der Waals surface area contributed by atoms with Crippen LogP contribution in [-0.2, 0) is 11.2 Å². The maximum absolute atomic E-state index is 12.3. The Bertz CT molecular complexity index is 733. The van der Waals surface area contributed by atoms with Crippen molar-refractivity contribution < 1.29 is 14.6 Å². The number of phenolic OH excluding ortho intramolecular Hbond substituents is 1. The van der Waals surface area contributed by atoms with E-state index in [9.17, 15) is 9.90 Å². The number of benzene rings is 2. The Morgan fingerprint density at radius 3 is 2.85 bits per heavy atom. The molecule has 138 valence electrons. The van der Waals surface area contributed by atoms with Crippen molar-refractivity contribution in [2.45, 2.75) is 19.4 Å². The van der Waals surface area contributed by atoms with E-state index in [1.807, 2.05) is 6.07 Å². The highest BCUT2D eigenvalue weighted by Gasteiger charge is 2.21. The lowest BCUT2D eigenvalue weighted by Gasteiger charge is -2.33. The van der Waals surface area contributed by atoms with Crippen molar-refractivity contribution in [1.29, 1.82) is 0 Å². The normalized spacial score (nSPS) is 17.8. The fourth-order valence-electron chi connectivity index (χ4n) is 3.14. The molecule has 2 aromatic rings. The van der Waals surface area contributed by atoms with E-state index in [-0.39, 0.29) is 17.8 Å². The number of phenols is 1. The number of amides is 1. The molecular weight excluding hydrogens is 328 g/mol. The van der Waals surface area contributed by atoms with E-state index in [4.69, 9.17) is 4.74 Å².